The summed E-state index contributed by atoms with van der Waals surface area (Å²) in [4.78, 5) is 32.0. The van der Waals surface area contributed by atoms with E-state index in [1.807, 2.05) is 54.4 Å². The molecule has 0 saturated heterocycles. The number of rotatable bonds is 6. The van der Waals surface area contributed by atoms with Gasteiger partial charge in [0.1, 0.15) is 12.7 Å². The molecule has 0 radical (unpaired) electrons. The first-order chi connectivity index (χ1) is 14.9. The summed E-state index contributed by atoms with van der Waals surface area (Å²) in [5.74, 6) is -0.0320. The highest BCUT2D eigenvalue weighted by Gasteiger charge is 2.22. The summed E-state index contributed by atoms with van der Waals surface area (Å²) in [6.07, 6.45) is 3.97. The third-order valence-electron chi connectivity index (χ3n) is 5.75. The van der Waals surface area contributed by atoms with E-state index in [9.17, 15) is 9.59 Å². The van der Waals surface area contributed by atoms with Gasteiger partial charge in [-0.3, -0.25) is 14.5 Å². The van der Waals surface area contributed by atoms with Gasteiger partial charge in [0.15, 0.2) is 0 Å². The SMILES string of the molecule is CC(=O)N1CCc2cc(NC(=O)CN(C)C(C)c3ccc(-n4cncn4)cc3)ccc21. The minimum atomic E-state index is -0.0741. The van der Waals surface area contributed by atoms with E-state index in [-0.39, 0.29) is 24.4 Å². The Morgan fingerprint density at radius 2 is 1.97 bits per heavy atom. The van der Waals surface area contributed by atoms with Gasteiger partial charge in [0.25, 0.3) is 0 Å². The lowest BCUT2D eigenvalue weighted by atomic mass is 10.1. The van der Waals surface area contributed by atoms with Crippen molar-refractivity contribution in [2.24, 2.45) is 0 Å². The molecular formula is C23H26N6O2. The van der Waals surface area contributed by atoms with Crippen LogP contribution in [0.2, 0.25) is 0 Å². The van der Waals surface area contributed by atoms with E-state index < -0.39 is 0 Å². The standard InChI is InChI=1S/C23H26N6O2/c1-16(18-4-7-21(8-5-18)29-15-24-14-25-29)27(3)13-23(31)26-20-6-9-22-19(12-20)10-11-28(22)17(2)30/h4-9,12,14-16H,10-11,13H2,1-3H3,(H,26,31). The predicted octanol–water partition coefficient (Wildman–Crippen LogP) is 2.81. The fourth-order valence-electron chi connectivity index (χ4n) is 3.87. The largest absolute Gasteiger partial charge is 0.325 e. The summed E-state index contributed by atoms with van der Waals surface area (Å²) in [7, 11) is 1.93. The normalized spacial score (nSPS) is 13.9. The Bertz CT molecular complexity index is 1080. The minimum Gasteiger partial charge on any atom is -0.325 e. The van der Waals surface area contributed by atoms with Crippen molar-refractivity contribution in [2.75, 3.05) is 30.4 Å². The molecule has 8 heteroatoms. The first-order valence-corrected chi connectivity index (χ1v) is 10.3. The van der Waals surface area contributed by atoms with Crippen LogP contribution in [-0.2, 0) is 16.0 Å². The summed E-state index contributed by atoms with van der Waals surface area (Å²) >= 11 is 0. The Labute approximate surface area is 181 Å². The van der Waals surface area contributed by atoms with E-state index >= 15 is 0 Å². The molecule has 1 aromatic heterocycles. The monoisotopic (exact) mass is 418 g/mol. The molecule has 2 amide bonds. The molecule has 1 unspecified atom stereocenters. The lowest BCUT2D eigenvalue weighted by molar-refractivity contribution is -0.117. The lowest BCUT2D eigenvalue weighted by Gasteiger charge is -2.24. The smallest absolute Gasteiger partial charge is 0.238 e. The highest BCUT2D eigenvalue weighted by Crippen LogP contribution is 2.30. The van der Waals surface area contributed by atoms with Crippen LogP contribution in [-0.4, -0.2) is 51.6 Å². The molecule has 1 N–H and O–H groups in total. The number of nitrogens with one attached hydrogen (secondary N) is 1. The number of likely N-dealkylation sites (N-methyl/N-ethyl adjacent to an activating group) is 1. The molecule has 3 aromatic rings. The quantitative estimate of drug-likeness (QED) is 0.666. The van der Waals surface area contributed by atoms with E-state index in [2.05, 4.69) is 22.3 Å². The second-order valence-electron chi connectivity index (χ2n) is 7.83. The van der Waals surface area contributed by atoms with Crippen LogP contribution in [0.25, 0.3) is 5.69 Å². The minimum absolute atomic E-state index is 0.0421. The van der Waals surface area contributed by atoms with Gasteiger partial charge in [-0.25, -0.2) is 9.67 Å². The molecule has 31 heavy (non-hydrogen) atoms. The molecule has 0 saturated carbocycles. The molecular weight excluding hydrogens is 392 g/mol. The number of amides is 2. The van der Waals surface area contributed by atoms with E-state index in [0.717, 1.165) is 34.6 Å². The van der Waals surface area contributed by atoms with Gasteiger partial charge in [0.2, 0.25) is 11.8 Å². The van der Waals surface area contributed by atoms with E-state index in [0.29, 0.717) is 6.54 Å². The lowest BCUT2D eigenvalue weighted by Crippen LogP contribution is -2.32. The van der Waals surface area contributed by atoms with Gasteiger partial charge in [-0.2, -0.15) is 5.10 Å². The Morgan fingerprint density at radius 1 is 1.19 bits per heavy atom. The topological polar surface area (TPSA) is 83.4 Å². The van der Waals surface area contributed by atoms with Gasteiger partial charge in [-0.1, -0.05) is 12.1 Å². The molecule has 1 atom stereocenters. The molecule has 2 heterocycles. The zero-order valence-corrected chi connectivity index (χ0v) is 17.9. The summed E-state index contributed by atoms with van der Waals surface area (Å²) in [6.45, 7) is 4.61. The Hall–Kier alpha value is -3.52. The van der Waals surface area contributed by atoms with Crippen molar-refractivity contribution in [2.45, 2.75) is 26.3 Å². The van der Waals surface area contributed by atoms with Gasteiger partial charge < -0.3 is 10.2 Å². The number of fused-ring (bicyclic) bond motifs is 1. The van der Waals surface area contributed by atoms with Crippen LogP contribution < -0.4 is 10.2 Å². The zero-order valence-electron chi connectivity index (χ0n) is 17.9. The summed E-state index contributed by atoms with van der Waals surface area (Å²) < 4.78 is 1.71. The van der Waals surface area contributed by atoms with Crippen LogP contribution in [0.1, 0.15) is 31.0 Å². The van der Waals surface area contributed by atoms with Gasteiger partial charge in [-0.05, 0) is 61.9 Å². The van der Waals surface area contributed by atoms with Crippen molar-refractivity contribution in [3.63, 3.8) is 0 Å². The zero-order chi connectivity index (χ0) is 22.0. The van der Waals surface area contributed by atoms with Gasteiger partial charge in [0, 0.05) is 30.9 Å². The molecule has 1 aliphatic rings. The highest BCUT2D eigenvalue weighted by molar-refractivity contribution is 5.96. The first-order valence-electron chi connectivity index (χ1n) is 10.3. The fraction of sp³-hybridized carbons (Fsp3) is 0.304. The van der Waals surface area contributed by atoms with Crippen LogP contribution in [0, 0.1) is 0 Å². The van der Waals surface area contributed by atoms with Crippen LogP contribution in [0.5, 0.6) is 0 Å². The third-order valence-corrected chi connectivity index (χ3v) is 5.75. The first kappa shape index (κ1) is 20.7. The van der Waals surface area contributed by atoms with Crippen LogP contribution in [0.3, 0.4) is 0 Å². The van der Waals surface area contributed by atoms with Gasteiger partial charge in [0.05, 0.1) is 12.2 Å². The van der Waals surface area contributed by atoms with Crippen molar-refractivity contribution < 1.29 is 9.59 Å². The molecule has 0 fully saturated rings. The van der Waals surface area contributed by atoms with Crippen LogP contribution in [0.15, 0.2) is 55.1 Å². The summed E-state index contributed by atoms with van der Waals surface area (Å²) in [5.41, 5.74) is 4.83. The summed E-state index contributed by atoms with van der Waals surface area (Å²) in [5, 5.41) is 7.11. The number of hydrogen-bond donors (Lipinski definition) is 1. The number of hydrogen-bond acceptors (Lipinski definition) is 5. The van der Waals surface area contributed by atoms with Crippen molar-refractivity contribution in [3.8, 4) is 5.69 Å². The van der Waals surface area contributed by atoms with E-state index in [1.165, 1.54) is 6.33 Å². The maximum atomic E-state index is 12.6. The molecule has 0 aliphatic carbocycles. The van der Waals surface area contributed by atoms with Crippen molar-refractivity contribution >= 4 is 23.2 Å². The Kier molecular flexibility index (Phi) is 5.81. The molecule has 2 aromatic carbocycles. The third kappa shape index (κ3) is 4.49. The Balaban J connectivity index is 1.36. The maximum absolute atomic E-state index is 12.6. The second-order valence-corrected chi connectivity index (χ2v) is 7.83. The number of carbonyl (C=O) groups is 2. The van der Waals surface area contributed by atoms with Gasteiger partial charge in [-0.15, -0.1) is 0 Å². The average Bonchev–Trinajstić information content (AvgIpc) is 3.43. The molecule has 0 bridgehead atoms. The Morgan fingerprint density at radius 3 is 2.65 bits per heavy atom. The van der Waals surface area contributed by atoms with E-state index in [1.54, 1.807) is 22.8 Å². The number of anilines is 2. The summed E-state index contributed by atoms with van der Waals surface area (Å²) in [6, 6.07) is 13.8. The number of carbonyl (C=O) groups excluding carboxylic acids is 2. The number of aromatic nitrogens is 3. The molecule has 8 nitrogen and oxygen atoms in total. The van der Waals surface area contributed by atoms with Crippen molar-refractivity contribution in [3.05, 3.63) is 66.2 Å². The maximum Gasteiger partial charge on any atom is 0.238 e. The fourth-order valence-corrected chi connectivity index (χ4v) is 3.87. The molecule has 0 spiro atoms. The van der Waals surface area contributed by atoms with Crippen LogP contribution >= 0.6 is 0 Å². The number of nitrogens with zero attached hydrogens (tertiary/aromatic N) is 5. The second kappa shape index (κ2) is 8.69. The highest BCUT2D eigenvalue weighted by atomic mass is 16.2. The molecule has 1 aliphatic heterocycles. The van der Waals surface area contributed by atoms with Crippen molar-refractivity contribution in [1.29, 1.82) is 0 Å². The van der Waals surface area contributed by atoms with Crippen molar-refractivity contribution in [1.82, 2.24) is 19.7 Å². The average molecular weight is 419 g/mol. The molecule has 160 valence electrons. The number of benzene rings is 2. The van der Waals surface area contributed by atoms with Crippen LogP contribution in [0.4, 0.5) is 11.4 Å². The van der Waals surface area contributed by atoms with Gasteiger partial charge >= 0.3 is 0 Å². The van der Waals surface area contributed by atoms with E-state index in [4.69, 9.17) is 0 Å². The predicted molar refractivity (Wildman–Crippen MR) is 119 cm³/mol. The molecule has 4 rings (SSSR count).